The minimum Gasteiger partial charge on any atom is -0.487 e. The van der Waals surface area contributed by atoms with E-state index in [1.165, 1.54) is 24.4 Å². The molecule has 0 aliphatic heterocycles. The van der Waals surface area contributed by atoms with Crippen LogP contribution in [0.25, 0.3) is 17.2 Å². The summed E-state index contributed by atoms with van der Waals surface area (Å²) in [5, 5.41) is 18.0. The predicted molar refractivity (Wildman–Crippen MR) is 114 cm³/mol. The highest BCUT2D eigenvalue weighted by atomic mass is 19.1. The topological polar surface area (TPSA) is 83.2 Å². The number of benzene rings is 2. The van der Waals surface area contributed by atoms with Crippen LogP contribution in [0.4, 0.5) is 4.39 Å². The first-order valence-electron chi connectivity index (χ1n) is 9.80. The number of nitriles is 1. The molecule has 0 amide bonds. The van der Waals surface area contributed by atoms with Gasteiger partial charge < -0.3 is 9.84 Å². The molecule has 0 atom stereocenters. The molecule has 1 aliphatic rings. The van der Waals surface area contributed by atoms with E-state index < -0.39 is 5.97 Å². The molecule has 0 radical (unpaired) electrons. The molecule has 0 unspecified atom stereocenters. The number of carboxylic acids is 1. The summed E-state index contributed by atoms with van der Waals surface area (Å²) in [4.78, 5) is 14.7. The van der Waals surface area contributed by atoms with Gasteiger partial charge in [-0.25, -0.2) is 9.18 Å². The largest absolute Gasteiger partial charge is 0.487 e. The maximum absolute atomic E-state index is 13.9. The molecule has 0 saturated heterocycles. The molecule has 0 bridgehead atoms. The summed E-state index contributed by atoms with van der Waals surface area (Å²) in [5.41, 5.74) is 3.62. The molecule has 1 heterocycles. The second kappa shape index (κ2) is 8.41. The number of nitrogens with zero attached hydrogens (tertiary/aromatic N) is 2. The molecule has 1 fully saturated rings. The van der Waals surface area contributed by atoms with E-state index in [0.717, 1.165) is 35.6 Å². The summed E-state index contributed by atoms with van der Waals surface area (Å²) in [5.74, 6) is -0.913. The van der Waals surface area contributed by atoms with Gasteiger partial charge in [0.25, 0.3) is 0 Å². The average molecular weight is 414 g/mol. The second-order valence-electron chi connectivity index (χ2n) is 7.45. The van der Waals surface area contributed by atoms with Crippen LogP contribution in [0.1, 0.15) is 29.7 Å². The Labute approximate surface area is 179 Å². The van der Waals surface area contributed by atoms with Crippen molar-refractivity contribution in [3.05, 3.63) is 89.5 Å². The third kappa shape index (κ3) is 4.62. The number of hydrogen-bond acceptors (Lipinski definition) is 4. The van der Waals surface area contributed by atoms with Crippen LogP contribution >= 0.6 is 0 Å². The van der Waals surface area contributed by atoms with Gasteiger partial charge in [0.05, 0.1) is 23.4 Å². The van der Waals surface area contributed by atoms with E-state index in [-0.39, 0.29) is 17.8 Å². The Bertz CT molecular complexity index is 1170. The summed E-state index contributed by atoms with van der Waals surface area (Å²) < 4.78 is 19.7. The van der Waals surface area contributed by atoms with E-state index in [1.54, 1.807) is 18.2 Å². The Kier molecular flexibility index (Phi) is 5.50. The minimum atomic E-state index is -1.05. The van der Waals surface area contributed by atoms with Crippen molar-refractivity contribution in [2.24, 2.45) is 0 Å². The SMILES string of the molecule is N#CC1(c2ccc(-c3ccc(F)cc3COc3ccc(/C=C/C(=O)O)nc3)cc2)CC1. The fraction of sp³-hybridized carbons (Fsp3) is 0.160. The second-order valence-corrected chi connectivity index (χ2v) is 7.45. The molecular weight excluding hydrogens is 395 g/mol. The van der Waals surface area contributed by atoms with Gasteiger partial charge in [-0.3, -0.25) is 4.98 Å². The Morgan fingerprint density at radius 1 is 1.19 bits per heavy atom. The Balaban J connectivity index is 1.51. The first-order valence-corrected chi connectivity index (χ1v) is 9.80. The molecule has 6 heteroatoms. The fourth-order valence-corrected chi connectivity index (χ4v) is 3.42. The number of halogens is 1. The van der Waals surface area contributed by atoms with Crippen molar-refractivity contribution in [1.82, 2.24) is 4.98 Å². The summed E-state index contributed by atoms with van der Waals surface area (Å²) in [6.07, 6.45) is 5.66. The first kappa shape index (κ1) is 20.3. The standard InChI is InChI=1S/C25H19FN2O3/c26-20-5-9-23(17-1-3-19(4-2-17)25(16-27)11-12-25)18(13-20)15-31-22-8-6-21(28-14-22)7-10-24(29)30/h1-10,13-14H,11-12,15H2,(H,29,30)/b10-7+. The zero-order chi connectivity index (χ0) is 21.8. The average Bonchev–Trinajstić information content (AvgIpc) is 3.59. The lowest BCUT2D eigenvalue weighted by Crippen LogP contribution is -2.02. The monoisotopic (exact) mass is 414 g/mol. The van der Waals surface area contributed by atoms with Crippen molar-refractivity contribution in [1.29, 1.82) is 5.26 Å². The van der Waals surface area contributed by atoms with Crippen LogP contribution in [-0.2, 0) is 16.8 Å². The van der Waals surface area contributed by atoms with Gasteiger partial charge in [0.15, 0.2) is 0 Å². The normalized spacial score (nSPS) is 14.2. The summed E-state index contributed by atoms with van der Waals surface area (Å²) in [7, 11) is 0. The van der Waals surface area contributed by atoms with E-state index in [1.807, 2.05) is 24.3 Å². The molecule has 31 heavy (non-hydrogen) atoms. The number of rotatable bonds is 7. The molecule has 154 valence electrons. The smallest absolute Gasteiger partial charge is 0.328 e. The van der Waals surface area contributed by atoms with Gasteiger partial charge in [0.2, 0.25) is 0 Å². The lowest BCUT2D eigenvalue weighted by Gasteiger charge is -2.13. The molecule has 2 aromatic carbocycles. The molecule has 1 N–H and O–H groups in total. The van der Waals surface area contributed by atoms with E-state index in [9.17, 15) is 14.4 Å². The number of aromatic nitrogens is 1. The molecule has 1 aromatic heterocycles. The third-order valence-corrected chi connectivity index (χ3v) is 5.33. The summed E-state index contributed by atoms with van der Waals surface area (Å²) >= 11 is 0. The van der Waals surface area contributed by atoms with E-state index in [0.29, 0.717) is 17.0 Å². The Hall–Kier alpha value is -3.98. The number of carbonyl (C=O) groups is 1. The van der Waals surface area contributed by atoms with Gasteiger partial charge in [0.1, 0.15) is 18.2 Å². The maximum Gasteiger partial charge on any atom is 0.328 e. The van der Waals surface area contributed by atoms with Crippen molar-refractivity contribution < 1.29 is 19.0 Å². The molecule has 3 aromatic rings. The van der Waals surface area contributed by atoms with Gasteiger partial charge in [-0.05, 0) is 65.4 Å². The highest BCUT2D eigenvalue weighted by molar-refractivity contribution is 5.84. The quantitative estimate of drug-likeness (QED) is 0.543. The van der Waals surface area contributed by atoms with Gasteiger partial charge in [0, 0.05) is 6.08 Å². The Morgan fingerprint density at radius 2 is 1.97 bits per heavy atom. The van der Waals surface area contributed by atoms with Crippen molar-refractivity contribution in [2.75, 3.05) is 0 Å². The number of pyridine rings is 1. The first-order chi connectivity index (χ1) is 15.0. The number of ether oxygens (including phenoxy) is 1. The lowest BCUT2D eigenvalue weighted by atomic mass is 9.93. The minimum absolute atomic E-state index is 0.142. The van der Waals surface area contributed by atoms with Crippen LogP contribution in [-0.4, -0.2) is 16.1 Å². The highest BCUT2D eigenvalue weighted by Crippen LogP contribution is 2.47. The summed E-state index contributed by atoms with van der Waals surface area (Å²) in [6.45, 7) is 0.142. The van der Waals surface area contributed by atoms with Crippen LogP contribution in [0.5, 0.6) is 5.75 Å². The zero-order valence-corrected chi connectivity index (χ0v) is 16.6. The van der Waals surface area contributed by atoms with Crippen molar-refractivity contribution >= 4 is 12.0 Å². The Morgan fingerprint density at radius 3 is 2.58 bits per heavy atom. The van der Waals surface area contributed by atoms with Crippen LogP contribution in [0.3, 0.4) is 0 Å². The van der Waals surface area contributed by atoms with Gasteiger partial charge >= 0.3 is 5.97 Å². The predicted octanol–water partition coefficient (Wildman–Crippen LogP) is 5.12. The van der Waals surface area contributed by atoms with Gasteiger partial charge in [-0.15, -0.1) is 0 Å². The van der Waals surface area contributed by atoms with Gasteiger partial charge in [-0.1, -0.05) is 30.3 Å². The zero-order valence-electron chi connectivity index (χ0n) is 16.6. The van der Waals surface area contributed by atoms with Crippen LogP contribution in [0.15, 0.2) is 66.9 Å². The van der Waals surface area contributed by atoms with Crippen molar-refractivity contribution in [3.63, 3.8) is 0 Å². The summed E-state index contributed by atoms with van der Waals surface area (Å²) in [6, 6.07) is 18.1. The highest BCUT2D eigenvalue weighted by Gasteiger charge is 2.44. The molecule has 4 rings (SSSR count). The van der Waals surface area contributed by atoms with E-state index in [4.69, 9.17) is 9.84 Å². The van der Waals surface area contributed by atoms with Crippen molar-refractivity contribution in [3.8, 4) is 22.9 Å². The fourth-order valence-electron chi connectivity index (χ4n) is 3.42. The third-order valence-electron chi connectivity index (χ3n) is 5.33. The molecule has 5 nitrogen and oxygen atoms in total. The molecule has 0 spiro atoms. The van der Waals surface area contributed by atoms with Crippen molar-refractivity contribution in [2.45, 2.75) is 24.9 Å². The van der Waals surface area contributed by atoms with Crippen LogP contribution in [0.2, 0.25) is 0 Å². The number of aliphatic carboxylic acids is 1. The van der Waals surface area contributed by atoms with Crippen LogP contribution in [0, 0.1) is 17.1 Å². The number of carboxylic acid groups (broad SMARTS) is 1. The van der Waals surface area contributed by atoms with E-state index >= 15 is 0 Å². The number of hydrogen-bond donors (Lipinski definition) is 1. The molecule has 1 saturated carbocycles. The van der Waals surface area contributed by atoms with Crippen LogP contribution < -0.4 is 4.74 Å². The molecule has 1 aliphatic carbocycles. The van der Waals surface area contributed by atoms with Gasteiger partial charge in [-0.2, -0.15) is 5.26 Å². The lowest BCUT2D eigenvalue weighted by molar-refractivity contribution is -0.131. The van der Waals surface area contributed by atoms with E-state index in [2.05, 4.69) is 11.1 Å². The molecular formula is C25H19FN2O3. The maximum atomic E-state index is 13.9.